The van der Waals surface area contributed by atoms with Gasteiger partial charge >= 0.3 is 0 Å². The Balaban J connectivity index is 1.63. The van der Waals surface area contributed by atoms with Crippen LogP contribution in [0.5, 0.6) is 17.2 Å². The molecule has 170 valence electrons. The van der Waals surface area contributed by atoms with E-state index in [1.54, 1.807) is 30.3 Å². The van der Waals surface area contributed by atoms with Crippen LogP contribution in [0.3, 0.4) is 0 Å². The molecule has 3 rings (SSSR count). The van der Waals surface area contributed by atoms with Gasteiger partial charge in [0, 0.05) is 23.6 Å². The van der Waals surface area contributed by atoms with Crippen molar-refractivity contribution in [3.8, 4) is 17.2 Å². The first-order valence-corrected chi connectivity index (χ1v) is 10.3. The van der Waals surface area contributed by atoms with Crippen molar-refractivity contribution >= 4 is 35.0 Å². The van der Waals surface area contributed by atoms with Crippen molar-refractivity contribution in [1.29, 1.82) is 0 Å². The average Bonchev–Trinajstić information content (AvgIpc) is 3.19. The standard InChI is InChI=1S/C22H24ClN3O6/c1-4-32-18-7-5-13(9-19(18)31-3)21(28)24-25-22(29)14-10-20(27)26(12-14)16-11-15(23)6-8-17(16)30-2/h5-9,11,14H,4,10,12H2,1-3H3,(H,24,28)(H,25,29). The van der Waals surface area contributed by atoms with Gasteiger partial charge in [0.2, 0.25) is 11.8 Å². The lowest BCUT2D eigenvalue weighted by Crippen LogP contribution is -2.45. The molecule has 1 fully saturated rings. The Hall–Kier alpha value is -3.46. The van der Waals surface area contributed by atoms with Crippen molar-refractivity contribution < 1.29 is 28.6 Å². The third-order valence-electron chi connectivity index (χ3n) is 4.95. The number of benzene rings is 2. The van der Waals surface area contributed by atoms with Gasteiger partial charge in [-0.2, -0.15) is 0 Å². The summed E-state index contributed by atoms with van der Waals surface area (Å²) in [5.41, 5.74) is 5.52. The van der Waals surface area contributed by atoms with Crippen molar-refractivity contribution in [2.24, 2.45) is 5.92 Å². The number of amides is 3. The predicted octanol–water partition coefficient (Wildman–Crippen LogP) is 2.57. The fourth-order valence-electron chi connectivity index (χ4n) is 3.37. The summed E-state index contributed by atoms with van der Waals surface area (Å²) in [6.07, 6.45) is -0.00571. The maximum absolute atomic E-state index is 12.6. The van der Waals surface area contributed by atoms with E-state index >= 15 is 0 Å². The summed E-state index contributed by atoms with van der Waals surface area (Å²) in [6, 6.07) is 9.61. The summed E-state index contributed by atoms with van der Waals surface area (Å²) >= 11 is 6.05. The molecule has 3 amide bonds. The fourth-order valence-corrected chi connectivity index (χ4v) is 3.53. The molecule has 1 saturated heterocycles. The molecule has 10 heteroatoms. The number of hydrogen-bond donors (Lipinski definition) is 2. The molecular formula is C22H24ClN3O6. The maximum atomic E-state index is 12.6. The van der Waals surface area contributed by atoms with Crippen molar-refractivity contribution in [3.05, 3.63) is 47.0 Å². The Bertz CT molecular complexity index is 1030. The lowest BCUT2D eigenvalue weighted by atomic mass is 10.1. The zero-order valence-electron chi connectivity index (χ0n) is 17.9. The van der Waals surface area contributed by atoms with Crippen molar-refractivity contribution in [3.63, 3.8) is 0 Å². The van der Waals surface area contributed by atoms with Gasteiger partial charge in [-0.05, 0) is 43.3 Å². The van der Waals surface area contributed by atoms with E-state index in [9.17, 15) is 14.4 Å². The van der Waals surface area contributed by atoms with Gasteiger partial charge in [0.15, 0.2) is 11.5 Å². The Labute approximate surface area is 190 Å². The summed E-state index contributed by atoms with van der Waals surface area (Å²) in [5, 5.41) is 0.444. The Morgan fingerprint density at radius 1 is 1.06 bits per heavy atom. The first-order valence-electron chi connectivity index (χ1n) is 9.92. The summed E-state index contributed by atoms with van der Waals surface area (Å²) in [4.78, 5) is 39.0. The second-order valence-electron chi connectivity index (χ2n) is 6.96. The van der Waals surface area contributed by atoms with Crippen LogP contribution in [0.15, 0.2) is 36.4 Å². The van der Waals surface area contributed by atoms with E-state index in [0.717, 1.165) is 0 Å². The predicted molar refractivity (Wildman–Crippen MR) is 118 cm³/mol. The van der Waals surface area contributed by atoms with Crippen LogP contribution < -0.4 is 30.0 Å². The van der Waals surface area contributed by atoms with E-state index in [0.29, 0.717) is 34.6 Å². The third kappa shape index (κ3) is 5.05. The van der Waals surface area contributed by atoms with E-state index in [1.807, 2.05) is 6.92 Å². The molecular weight excluding hydrogens is 438 g/mol. The minimum Gasteiger partial charge on any atom is -0.495 e. The summed E-state index contributed by atoms with van der Waals surface area (Å²) < 4.78 is 16.0. The SMILES string of the molecule is CCOc1ccc(C(=O)NNC(=O)C2CC(=O)N(c3cc(Cl)ccc3OC)C2)cc1OC. The maximum Gasteiger partial charge on any atom is 0.269 e. The Morgan fingerprint density at radius 3 is 2.47 bits per heavy atom. The van der Waals surface area contributed by atoms with Crippen LogP contribution in [0.25, 0.3) is 0 Å². The molecule has 1 heterocycles. The van der Waals surface area contributed by atoms with Crippen LogP contribution in [0.4, 0.5) is 5.69 Å². The van der Waals surface area contributed by atoms with Gasteiger partial charge in [-0.1, -0.05) is 11.6 Å². The highest BCUT2D eigenvalue weighted by Gasteiger charge is 2.36. The highest BCUT2D eigenvalue weighted by atomic mass is 35.5. The molecule has 0 radical (unpaired) electrons. The number of hydrazine groups is 1. The van der Waals surface area contributed by atoms with Gasteiger partial charge in [0.25, 0.3) is 5.91 Å². The normalized spacial score (nSPS) is 15.3. The second kappa shape index (κ2) is 10.2. The Kier molecular flexibility index (Phi) is 7.42. The number of rotatable bonds is 7. The van der Waals surface area contributed by atoms with Crippen LogP contribution in [-0.4, -0.2) is 45.1 Å². The molecule has 2 aromatic rings. The van der Waals surface area contributed by atoms with Crippen molar-refractivity contribution in [2.75, 3.05) is 32.3 Å². The molecule has 2 aromatic carbocycles. The van der Waals surface area contributed by atoms with Gasteiger partial charge in [-0.15, -0.1) is 0 Å². The van der Waals surface area contributed by atoms with Gasteiger partial charge in [-0.3, -0.25) is 25.2 Å². The number of nitrogens with one attached hydrogen (secondary N) is 2. The van der Waals surface area contributed by atoms with E-state index in [-0.39, 0.29) is 24.4 Å². The number of methoxy groups -OCH3 is 2. The lowest BCUT2D eigenvalue weighted by molar-refractivity contribution is -0.126. The molecule has 0 aliphatic carbocycles. The third-order valence-corrected chi connectivity index (χ3v) is 5.19. The highest BCUT2D eigenvalue weighted by Crippen LogP contribution is 2.35. The van der Waals surface area contributed by atoms with Crippen LogP contribution in [-0.2, 0) is 9.59 Å². The highest BCUT2D eigenvalue weighted by molar-refractivity contribution is 6.31. The van der Waals surface area contributed by atoms with Gasteiger partial charge in [0.05, 0.1) is 32.4 Å². The van der Waals surface area contributed by atoms with Crippen LogP contribution in [0.1, 0.15) is 23.7 Å². The number of ether oxygens (including phenoxy) is 3. The average molecular weight is 462 g/mol. The lowest BCUT2D eigenvalue weighted by Gasteiger charge is -2.20. The second-order valence-corrected chi connectivity index (χ2v) is 7.40. The number of carbonyl (C=O) groups excluding carboxylic acids is 3. The monoisotopic (exact) mass is 461 g/mol. The molecule has 1 unspecified atom stereocenters. The molecule has 1 aliphatic heterocycles. The number of nitrogens with zero attached hydrogens (tertiary/aromatic N) is 1. The Morgan fingerprint density at radius 2 is 1.78 bits per heavy atom. The smallest absolute Gasteiger partial charge is 0.269 e. The van der Waals surface area contributed by atoms with Crippen molar-refractivity contribution in [2.45, 2.75) is 13.3 Å². The quantitative estimate of drug-likeness (QED) is 0.614. The largest absolute Gasteiger partial charge is 0.495 e. The molecule has 1 atom stereocenters. The zero-order chi connectivity index (χ0) is 23.3. The van der Waals surface area contributed by atoms with E-state index in [2.05, 4.69) is 10.9 Å². The number of anilines is 1. The molecule has 0 aromatic heterocycles. The summed E-state index contributed by atoms with van der Waals surface area (Å²) in [5.74, 6) is -0.517. The molecule has 9 nitrogen and oxygen atoms in total. The molecule has 0 spiro atoms. The van der Waals surface area contributed by atoms with Gasteiger partial charge in [0.1, 0.15) is 5.75 Å². The first kappa shape index (κ1) is 23.2. The van der Waals surface area contributed by atoms with Gasteiger partial charge < -0.3 is 19.1 Å². The van der Waals surface area contributed by atoms with E-state index in [4.69, 9.17) is 25.8 Å². The summed E-state index contributed by atoms with van der Waals surface area (Å²) in [6.45, 7) is 2.43. The van der Waals surface area contributed by atoms with Gasteiger partial charge in [-0.25, -0.2) is 0 Å². The van der Waals surface area contributed by atoms with Crippen LogP contribution in [0.2, 0.25) is 5.02 Å². The molecule has 0 saturated carbocycles. The summed E-state index contributed by atoms with van der Waals surface area (Å²) in [7, 11) is 2.96. The van der Waals surface area contributed by atoms with Crippen LogP contribution >= 0.6 is 11.6 Å². The molecule has 32 heavy (non-hydrogen) atoms. The van der Waals surface area contributed by atoms with E-state index < -0.39 is 17.7 Å². The fraction of sp³-hybridized carbons (Fsp3) is 0.318. The van der Waals surface area contributed by atoms with Crippen molar-refractivity contribution in [1.82, 2.24) is 10.9 Å². The number of hydrogen-bond acceptors (Lipinski definition) is 6. The first-order chi connectivity index (χ1) is 15.4. The topological polar surface area (TPSA) is 106 Å². The molecule has 1 aliphatic rings. The van der Waals surface area contributed by atoms with E-state index in [1.165, 1.54) is 25.2 Å². The van der Waals surface area contributed by atoms with Crippen LogP contribution in [0, 0.1) is 5.92 Å². The molecule has 0 bridgehead atoms. The number of halogens is 1. The minimum atomic E-state index is -0.652. The minimum absolute atomic E-state index is 0.00571. The number of carbonyl (C=O) groups is 3. The molecule has 2 N–H and O–H groups in total. The zero-order valence-corrected chi connectivity index (χ0v) is 18.7.